The first kappa shape index (κ1) is 15.3. The lowest BCUT2D eigenvalue weighted by Crippen LogP contribution is -2.13. The van der Waals surface area contributed by atoms with Gasteiger partial charge < -0.3 is 10.3 Å². The zero-order valence-corrected chi connectivity index (χ0v) is 12.5. The van der Waals surface area contributed by atoms with Crippen LogP contribution in [-0.4, -0.2) is 10.1 Å². The molecule has 4 nitrogen and oxygen atoms in total. The van der Waals surface area contributed by atoms with Crippen LogP contribution in [0.2, 0.25) is 0 Å². The summed E-state index contributed by atoms with van der Waals surface area (Å²) in [5, 5.41) is 3.72. The maximum atomic E-state index is 13.3. The van der Waals surface area contributed by atoms with E-state index in [1.165, 1.54) is 6.07 Å². The highest BCUT2D eigenvalue weighted by molar-refractivity contribution is 5.63. The minimum atomic E-state index is -0.861. The summed E-state index contributed by atoms with van der Waals surface area (Å²) >= 11 is 0. The SMILES string of the molecule is Cc1noc([C@H](N)Cc2ccc(-c3ccc(F)c(F)c3)cc2)n1. The van der Waals surface area contributed by atoms with Crippen molar-refractivity contribution in [2.24, 2.45) is 5.73 Å². The van der Waals surface area contributed by atoms with Gasteiger partial charge in [0.25, 0.3) is 0 Å². The van der Waals surface area contributed by atoms with Gasteiger partial charge in [-0.25, -0.2) is 8.78 Å². The first-order valence-corrected chi connectivity index (χ1v) is 7.13. The van der Waals surface area contributed by atoms with Gasteiger partial charge in [-0.3, -0.25) is 0 Å². The maximum absolute atomic E-state index is 13.3. The highest BCUT2D eigenvalue weighted by Gasteiger charge is 2.14. The van der Waals surface area contributed by atoms with Crippen molar-refractivity contribution in [3.63, 3.8) is 0 Å². The van der Waals surface area contributed by atoms with E-state index in [1.54, 1.807) is 13.0 Å². The zero-order chi connectivity index (χ0) is 16.4. The fourth-order valence-electron chi connectivity index (χ4n) is 2.31. The summed E-state index contributed by atoms with van der Waals surface area (Å²) in [5.41, 5.74) is 8.44. The van der Waals surface area contributed by atoms with Gasteiger partial charge in [-0.2, -0.15) is 4.98 Å². The summed E-state index contributed by atoms with van der Waals surface area (Å²) in [5.74, 6) is -0.775. The van der Waals surface area contributed by atoms with Crippen LogP contribution in [0, 0.1) is 18.6 Å². The van der Waals surface area contributed by atoms with Gasteiger partial charge in [-0.1, -0.05) is 35.5 Å². The van der Waals surface area contributed by atoms with E-state index in [0.717, 1.165) is 17.2 Å². The lowest BCUT2D eigenvalue weighted by atomic mass is 10.0. The van der Waals surface area contributed by atoms with Crippen molar-refractivity contribution < 1.29 is 13.3 Å². The molecule has 6 heteroatoms. The third-order valence-electron chi connectivity index (χ3n) is 3.52. The molecule has 1 atom stereocenters. The van der Waals surface area contributed by atoms with Crippen LogP contribution < -0.4 is 5.73 Å². The number of hydrogen-bond acceptors (Lipinski definition) is 4. The molecule has 2 N–H and O–H groups in total. The molecule has 1 heterocycles. The van der Waals surface area contributed by atoms with Crippen molar-refractivity contribution in [3.8, 4) is 11.1 Å². The summed E-state index contributed by atoms with van der Waals surface area (Å²) in [7, 11) is 0. The number of nitrogens with zero attached hydrogens (tertiary/aromatic N) is 2. The fraction of sp³-hybridized carbons (Fsp3) is 0.176. The third kappa shape index (κ3) is 3.43. The molecule has 1 aromatic heterocycles. The molecule has 0 saturated carbocycles. The van der Waals surface area contributed by atoms with Crippen molar-refractivity contribution in [2.45, 2.75) is 19.4 Å². The molecule has 0 bridgehead atoms. The molecule has 0 aliphatic heterocycles. The van der Waals surface area contributed by atoms with Gasteiger partial charge in [0.15, 0.2) is 17.5 Å². The average Bonchev–Trinajstić information content (AvgIpc) is 2.97. The lowest BCUT2D eigenvalue weighted by molar-refractivity contribution is 0.351. The molecule has 23 heavy (non-hydrogen) atoms. The van der Waals surface area contributed by atoms with Crippen LogP contribution in [0.15, 0.2) is 47.0 Å². The Balaban J connectivity index is 1.75. The molecule has 0 aliphatic carbocycles. The average molecular weight is 315 g/mol. The zero-order valence-electron chi connectivity index (χ0n) is 12.5. The Morgan fingerprint density at radius 2 is 1.74 bits per heavy atom. The first-order valence-electron chi connectivity index (χ1n) is 7.13. The Kier molecular flexibility index (Phi) is 4.16. The normalized spacial score (nSPS) is 12.3. The summed E-state index contributed by atoms with van der Waals surface area (Å²) in [4.78, 5) is 4.11. The molecule has 0 unspecified atom stereocenters. The Morgan fingerprint density at radius 1 is 1.04 bits per heavy atom. The van der Waals surface area contributed by atoms with E-state index in [2.05, 4.69) is 10.1 Å². The summed E-state index contributed by atoms with van der Waals surface area (Å²) in [6, 6.07) is 10.9. The maximum Gasteiger partial charge on any atom is 0.243 e. The summed E-state index contributed by atoms with van der Waals surface area (Å²) in [6.07, 6.45) is 0.541. The van der Waals surface area contributed by atoms with Gasteiger partial charge in [0, 0.05) is 0 Å². The highest BCUT2D eigenvalue weighted by Crippen LogP contribution is 2.23. The van der Waals surface area contributed by atoms with E-state index >= 15 is 0 Å². The van der Waals surface area contributed by atoms with Gasteiger partial charge in [-0.15, -0.1) is 0 Å². The molecule has 0 amide bonds. The predicted octanol–water partition coefficient (Wildman–Crippen LogP) is 3.57. The standard InChI is InChI=1S/C17H15F2N3O/c1-10-21-17(23-22-10)16(20)8-11-2-4-12(5-3-11)13-6-7-14(18)15(19)9-13/h2-7,9,16H,8,20H2,1H3/t16-/m1/s1. The van der Waals surface area contributed by atoms with Gasteiger partial charge in [-0.05, 0) is 42.2 Å². The Labute approximate surface area is 131 Å². The van der Waals surface area contributed by atoms with E-state index in [4.69, 9.17) is 10.3 Å². The van der Waals surface area contributed by atoms with Gasteiger partial charge >= 0.3 is 0 Å². The summed E-state index contributed by atoms with van der Waals surface area (Å²) in [6.45, 7) is 1.73. The molecule has 0 saturated heterocycles. The number of aromatic nitrogens is 2. The monoisotopic (exact) mass is 315 g/mol. The molecular weight excluding hydrogens is 300 g/mol. The highest BCUT2D eigenvalue weighted by atomic mass is 19.2. The largest absolute Gasteiger partial charge is 0.338 e. The lowest BCUT2D eigenvalue weighted by Gasteiger charge is -2.08. The Bertz CT molecular complexity index is 815. The topological polar surface area (TPSA) is 64.9 Å². The van der Waals surface area contributed by atoms with Crippen LogP contribution in [0.25, 0.3) is 11.1 Å². The summed E-state index contributed by atoms with van der Waals surface area (Å²) < 4.78 is 31.3. The number of aryl methyl sites for hydroxylation is 1. The van der Waals surface area contributed by atoms with E-state index in [1.807, 2.05) is 24.3 Å². The van der Waals surface area contributed by atoms with E-state index in [0.29, 0.717) is 23.7 Å². The molecule has 0 spiro atoms. The number of nitrogens with two attached hydrogens (primary N) is 1. The third-order valence-corrected chi connectivity index (χ3v) is 3.52. The van der Waals surface area contributed by atoms with Crippen LogP contribution >= 0.6 is 0 Å². The van der Waals surface area contributed by atoms with E-state index < -0.39 is 11.6 Å². The van der Waals surface area contributed by atoms with Crippen molar-refractivity contribution in [2.75, 3.05) is 0 Å². The second kappa shape index (κ2) is 6.26. The molecule has 118 valence electrons. The van der Waals surface area contributed by atoms with Crippen LogP contribution in [0.1, 0.15) is 23.3 Å². The van der Waals surface area contributed by atoms with Crippen molar-refractivity contribution >= 4 is 0 Å². The van der Waals surface area contributed by atoms with Gasteiger partial charge in [0.05, 0.1) is 6.04 Å². The van der Waals surface area contributed by atoms with E-state index in [-0.39, 0.29) is 6.04 Å². The minimum Gasteiger partial charge on any atom is -0.338 e. The van der Waals surface area contributed by atoms with Gasteiger partial charge in [0.2, 0.25) is 5.89 Å². The van der Waals surface area contributed by atoms with Crippen LogP contribution in [0.4, 0.5) is 8.78 Å². The Morgan fingerprint density at radius 3 is 2.35 bits per heavy atom. The number of rotatable bonds is 4. The van der Waals surface area contributed by atoms with Crippen LogP contribution in [0.3, 0.4) is 0 Å². The molecule has 3 aromatic rings. The molecule has 2 aromatic carbocycles. The molecule has 0 radical (unpaired) electrons. The smallest absolute Gasteiger partial charge is 0.243 e. The second-order valence-corrected chi connectivity index (χ2v) is 5.32. The second-order valence-electron chi connectivity index (χ2n) is 5.32. The molecule has 3 rings (SSSR count). The van der Waals surface area contributed by atoms with Crippen LogP contribution in [0.5, 0.6) is 0 Å². The number of hydrogen-bond donors (Lipinski definition) is 1. The quantitative estimate of drug-likeness (QED) is 0.799. The minimum absolute atomic E-state index is 0.384. The van der Waals surface area contributed by atoms with Crippen molar-refractivity contribution in [3.05, 3.63) is 71.4 Å². The molecule has 0 aliphatic rings. The van der Waals surface area contributed by atoms with Crippen molar-refractivity contribution in [1.29, 1.82) is 0 Å². The van der Waals surface area contributed by atoms with Crippen LogP contribution in [-0.2, 0) is 6.42 Å². The van der Waals surface area contributed by atoms with Crippen molar-refractivity contribution in [1.82, 2.24) is 10.1 Å². The predicted molar refractivity (Wildman–Crippen MR) is 81.5 cm³/mol. The van der Waals surface area contributed by atoms with Gasteiger partial charge in [0.1, 0.15) is 0 Å². The number of benzene rings is 2. The first-order chi connectivity index (χ1) is 11.0. The molecule has 0 fully saturated rings. The van der Waals surface area contributed by atoms with E-state index in [9.17, 15) is 8.78 Å². The Hall–Kier alpha value is -2.60. The fourth-order valence-corrected chi connectivity index (χ4v) is 2.31. The number of halogens is 2. The molecular formula is C17H15F2N3O.